The Labute approximate surface area is 124 Å². The third-order valence-electron chi connectivity index (χ3n) is 2.95. The number of carboxylic acid groups (broad SMARTS) is 1. The zero-order chi connectivity index (χ0) is 16.8. The molecule has 1 rings (SSSR count). The van der Waals surface area contributed by atoms with Crippen molar-refractivity contribution in [3.63, 3.8) is 0 Å². The molecule has 22 heavy (non-hydrogen) atoms. The van der Waals surface area contributed by atoms with Crippen molar-refractivity contribution in [1.82, 2.24) is 5.32 Å². The second-order valence-electron chi connectivity index (χ2n) is 4.57. The normalized spacial score (nSPS) is 12.3. The summed E-state index contributed by atoms with van der Waals surface area (Å²) in [7, 11) is 0. The second-order valence-corrected chi connectivity index (χ2v) is 4.57. The molecule has 1 atom stereocenters. The van der Waals surface area contributed by atoms with Crippen molar-refractivity contribution in [2.75, 3.05) is 6.54 Å². The molecular weight excluding hydrogens is 301 g/mol. The average molecular weight is 314 g/mol. The Morgan fingerprint density at radius 2 is 1.86 bits per heavy atom. The van der Waals surface area contributed by atoms with E-state index in [2.05, 4.69) is 5.32 Å². The summed E-state index contributed by atoms with van der Waals surface area (Å²) in [4.78, 5) is 22.1. The zero-order valence-corrected chi connectivity index (χ0v) is 11.4. The highest BCUT2D eigenvalue weighted by Gasteiger charge is 2.39. The molecule has 0 saturated carbocycles. The number of rotatable bonds is 6. The number of amides is 1. The van der Waals surface area contributed by atoms with E-state index in [0.717, 1.165) is 0 Å². The van der Waals surface area contributed by atoms with Crippen LogP contribution in [-0.2, 0) is 4.79 Å². The molecule has 0 fully saturated rings. The predicted molar refractivity (Wildman–Crippen MR) is 69.9 cm³/mol. The summed E-state index contributed by atoms with van der Waals surface area (Å²) in [6.07, 6.45) is -5.82. The minimum absolute atomic E-state index is 0.123. The van der Waals surface area contributed by atoms with Crippen LogP contribution in [0.3, 0.4) is 0 Å². The minimum Gasteiger partial charge on any atom is -0.481 e. The van der Waals surface area contributed by atoms with E-state index in [-0.39, 0.29) is 5.56 Å². The van der Waals surface area contributed by atoms with E-state index in [1.807, 2.05) is 6.07 Å². The average Bonchev–Trinajstić information content (AvgIpc) is 2.45. The van der Waals surface area contributed by atoms with E-state index >= 15 is 0 Å². The number of carbonyl (C=O) groups is 2. The summed E-state index contributed by atoms with van der Waals surface area (Å²) >= 11 is 0. The quantitative estimate of drug-likeness (QED) is 0.843. The van der Waals surface area contributed by atoms with Gasteiger partial charge >= 0.3 is 12.1 Å². The summed E-state index contributed by atoms with van der Waals surface area (Å²) in [6, 6.07) is 7.26. The van der Waals surface area contributed by atoms with Crippen LogP contribution in [0.25, 0.3) is 0 Å². The molecule has 0 bridgehead atoms. The first-order valence-corrected chi connectivity index (χ1v) is 6.31. The van der Waals surface area contributed by atoms with Gasteiger partial charge in [0, 0.05) is 18.5 Å². The fourth-order valence-corrected chi connectivity index (χ4v) is 1.69. The second kappa shape index (κ2) is 7.45. The van der Waals surface area contributed by atoms with Crippen LogP contribution < -0.4 is 5.32 Å². The van der Waals surface area contributed by atoms with Crippen LogP contribution in [0.15, 0.2) is 24.3 Å². The van der Waals surface area contributed by atoms with Crippen LogP contribution in [0.4, 0.5) is 13.2 Å². The van der Waals surface area contributed by atoms with E-state index in [9.17, 15) is 22.8 Å². The van der Waals surface area contributed by atoms with Gasteiger partial charge < -0.3 is 10.4 Å². The van der Waals surface area contributed by atoms with Crippen molar-refractivity contribution in [3.05, 3.63) is 35.4 Å². The maximum Gasteiger partial charge on any atom is 0.393 e. The number of aliphatic carboxylic acids is 1. The third kappa shape index (κ3) is 5.44. The molecule has 0 saturated heterocycles. The number of nitrogens with zero attached hydrogens (tertiary/aromatic N) is 1. The predicted octanol–water partition coefficient (Wildman–Crippen LogP) is 2.33. The summed E-state index contributed by atoms with van der Waals surface area (Å²) in [5.41, 5.74) is 0.448. The molecule has 0 aliphatic carbocycles. The van der Waals surface area contributed by atoms with Crippen molar-refractivity contribution in [2.24, 2.45) is 5.92 Å². The number of alkyl halides is 3. The number of nitrogens with one attached hydrogen (secondary N) is 1. The molecule has 5 nitrogen and oxygen atoms in total. The van der Waals surface area contributed by atoms with E-state index in [4.69, 9.17) is 10.4 Å². The first kappa shape index (κ1) is 17.5. The van der Waals surface area contributed by atoms with Crippen LogP contribution >= 0.6 is 0 Å². The highest BCUT2D eigenvalue weighted by Crippen LogP contribution is 2.29. The smallest absolute Gasteiger partial charge is 0.393 e. The van der Waals surface area contributed by atoms with Crippen molar-refractivity contribution in [1.29, 1.82) is 5.26 Å². The van der Waals surface area contributed by atoms with Gasteiger partial charge in [-0.2, -0.15) is 18.4 Å². The SMILES string of the molecule is N#Cc1ccc(C(=O)NC[C@H](CCC(=O)O)C(F)(F)F)cc1. The molecule has 2 N–H and O–H groups in total. The minimum atomic E-state index is -4.59. The van der Waals surface area contributed by atoms with Gasteiger partial charge in [-0.05, 0) is 30.7 Å². The summed E-state index contributed by atoms with van der Waals surface area (Å²) in [5, 5.41) is 19.2. The number of hydrogen-bond acceptors (Lipinski definition) is 3. The van der Waals surface area contributed by atoms with Gasteiger partial charge in [0.25, 0.3) is 5.91 Å². The molecule has 0 aliphatic heterocycles. The van der Waals surface area contributed by atoms with Gasteiger partial charge in [-0.25, -0.2) is 0 Å². The number of carbonyl (C=O) groups excluding carboxylic acids is 1. The van der Waals surface area contributed by atoms with Crippen molar-refractivity contribution >= 4 is 11.9 Å². The molecule has 8 heteroatoms. The van der Waals surface area contributed by atoms with Gasteiger partial charge in [0.1, 0.15) is 0 Å². The van der Waals surface area contributed by atoms with Gasteiger partial charge in [-0.15, -0.1) is 0 Å². The summed E-state index contributed by atoms with van der Waals surface area (Å²) in [5.74, 6) is -3.97. The highest BCUT2D eigenvalue weighted by molar-refractivity contribution is 5.94. The van der Waals surface area contributed by atoms with E-state index < -0.39 is 43.4 Å². The lowest BCUT2D eigenvalue weighted by Gasteiger charge is -2.20. The molecule has 1 aromatic rings. The van der Waals surface area contributed by atoms with E-state index in [0.29, 0.717) is 5.56 Å². The number of hydrogen-bond donors (Lipinski definition) is 2. The molecule has 0 radical (unpaired) electrons. The van der Waals surface area contributed by atoms with Crippen molar-refractivity contribution in [2.45, 2.75) is 19.0 Å². The van der Waals surface area contributed by atoms with Crippen molar-refractivity contribution < 1.29 is 27.9 Å². The lowest BCUT2D eigenvalue weighted by molar-refractivity contribution is -0.175. The van der Waals surface area contributed by atoms with Crippen LogP contribution in [-0.4, -0.2) is 29.7 Å². The Kier molecular flexibility index (Phi) is 5.92. The number of benzene rings is 1. The standard InChI is InChI=1S/C14H13F3N2O3/c15-14(16,17)11(5-6-12(20)21)8-19-13(22)10-3-1-9(7-18)2-4-10/h1-4,11H,5-6,8H2,(H,19,22)(H,20,21)/t11-/m0/s1. The van der Waals surface area contributed by atoms with Gasteiger partial charge in [-0.3, -0.25) is 9.59 Å². The van der Waals surface area contributed by atoms with Gasteiger partial charge in [0.15, 0.2) is 0 Å². The maximum atomic E-state index is 12.7. The van der Waals surface area contributed by atoms with Gasteiger partial charge in [0.2, 0.25) is 0 Å². The zero-order valence-electron chi connectivity index (χ0n) is 11.4. The van der Waals surface area contributed by atoms with Crippen molar-refractivity contribution in [3.8, 4) is 6.07 Å². The van der Waals surface area contributed by atoms with Crippen LogP contribution in [0, 0.1) is 17.2 Å². The number of nitriles is 1. The number of halogens is 3. The molecule has 0 heterocycles. The third-order valence-corrected chi connectivity index (χ3v) is 2.95. The Bertz CT molecular complexity index is 576. The molecule has 0 aliphatic rings. The summed E-state index contributed by atoms with van der Waals surface area (Å²) < 4.78 is 38.2. The fraction of sp³-hybridized carbons (Fsp3) is 0.357. The van der Waals surface area contributed by atoms with Gasteiger partial charge in [0.05, 0.1) is 17.6 Å². The summed E-state index contributed by atoms with van der Waals surface area (Å²) in [6.45, 7) is -0.699. The first-order valence-electron chi connectivity index (χ1n) is 6.31. The Balaban J connectivity index is 2.65. The van der Waals surface area contributed by atoms with Crippen LogP contribution in [0.5, 0.6) is 0 Å². The van der Waals surface area contributed by atoms with Crippen LogP contribution in [0.2, 0.25) is 0 Å². The molecule has 0 spiro atoms. The monoisotopic (exact) mass is 314 g/mol. The molecule has 0 aromatic heterocycles. The Hall–Kier alpha value is -2.56. The van der Waals surface area contributed by atoms with Crippen LogP contribution in [0.1, 0.15) is 28.8 Å². The largest absolute Gasteiger partial charge is 0.481 e. The van der Waals surface area contributed by atoms with E-state index in [1.54, 1.807) is 0 Å². The lowest BCUT2D eigenvalue weighted by atomic mass is 10.0. The fourth-order valence-electron chi connectivity index (χ4n) is 1.69. The molecule has 1 amide bonds. The molecule has 1 aromatic carbocycles. The maximum absolute atomic E-state index is 12.7. The Morgan fingerprint density at radius 3 is 2.32 bits per heavy atom. The lowest BCUT2D eigenvalue weighted by Crippen LogP contribution is -2.36. The van der Waals surface area contributed by atoms with Gasteiger partial charge in [-0.1, -0.05) is 0 Å². The number of carboxylic acids is 1. The first-order chi connectivity index (χ1) is 10.2. The molecule has 118 valence electrons. The topological polar surface area (TPSA) is 90.2 Å². The molecular formula is C14H13F3N2O3. The Morgan fingerprint density at radius 1 is 1.27 bits per heavy atom. The van der Waals surface area contributed by atoms with E-state index in [1.165, 1.54) is 24.3 Å². The molecule has 0 unspecified atom stereocenters. The highest BCUT2D eigenvalue weighted by atomic mass is 19.4.